The molecule has 0 spiro atoms. The molecule has 0 saturated carbocycles. The first kappa shape index (κ1) is 17.9. The predicted octanol–water partition coefficient (Wildman–Crippen LogP) is 3.64. The number of amides is 1. The summed E-state index contributed by atoms with van der Waals surface area (Å²) in [5.74, 6) is 0.0783. The summed E-state index contributed by atoms with van der Waals surface area (Å²) in [6.07, 6.45) is -4.33. The number of halogens is 2. The minimum absolute atomic E-state index is 0.0811. The molecule has 0 saturated heterocycles. The number of carbonyl (C=O) groups is 1. The Balaban J connectivity index is 1.72. The molecule has 2 aromatic rings. The Morgan fingerprint density at radius 3 is 2.65 bits per heavy atom. The van der Waals surface area contributed by atoms with Crippen molar-refractivity contribution in [1.29, 1.82) is 0 Å². The van der Waals surface area contributed by atoms with Crippen molar-refractivity contribution >= 4 is 6.09 Å². The maximum absolute atomic E-state index is 13.1. The monoisotopic (exact) mass is 369 g/mol. The van der Waals surface area contributed by atoms with Gasteiger partial charge in [-0.05, 0) is 45.9 Å². The van der Waals surface area contributed by atoms with Gasteiger partial charge in [0.1, 0.15) is 11.6 Å². The van der Waals surface area contributed by atoms with Gasteiger partial charge < -0.3 is 24.1 Å². The van der Waals surface area contributed by atoms with Crippen molar-refractivity contribution in [2.75, 3.05) is 0 Å². The van der Waals surface area contributed by atoms with Gasteiger partial charge in [-0.25, -0.2) is 4.79 Å². The molecular weight excluding hydrogens is 352 g/mol. The van der Waals surface area contributed by atoms with Crippen LogP contribution in [0, 0.1) is 0 Å². The van der Waals surface area contributed by atoms with Gasteiger partial charge in [-0.3, -0.25) is 0 Å². The molecule has 0 bridgehead atoms. The van der Waals surface area contributed by atoms with E-state index in [9.17, 15) is 13.6 Å². The highest BCUT2D eigenvalue weighted by Gasteiger charge is 2.43. The first-order valence-electron chi connectivity index (χ1n) is 7.76. The second-order valence-corrected chi connectivity index (χ2v) is 6.65. The largest absolute Gasteiger partial charge is 0.586 e. The van der Waals surface area contributed by atoms with Crippen LogP contribution in [0.25, 0.3) is 11.4 Å². The molecule has 0 aliphatic carbocycles. The lowest BCUT2D eigenvalue weighted by Gasteiger charge is -2.20. The van der Waals surface area contributed by atoms with Crippen molar-refractivity contribution in [3.8, 4) is 22.9 Å². The van der Waals surface area contributed by atoms with Crippen LogP contribution in [-0.2, 0) is 4.74 Å². The molecule has 8 nitrogen and oxygen atoms in total. The number of carbonyl (C=O) groups excluding carboxylic acids is 1. The molecule has 10 heteroatoms. The molecule has 1 aliphatic rings. The Kier molecular flexibility index (Phi) is 4.21. The first-order valence-corrected chi connectivity index (χ1v) is 7.76. The number of ether oxygens (including phenoxy) is 3. The van der Waals surface area contributed by atoms with E-state index >= 15 is 0 Å². The van der Waals surface area contributed by atoms with E-state index in [2.05, 4.69) is 24.9 Å². The van der Waals surface area contributed by atoms with Crippen molar-refractivity contribution in [2.24, 2.45) is 0 Å². The van der Waals surface area contributed by atoms with Crippen molar-refractivity contribution in [3.63, 3.8) is 0 Å². The minimum Gasteiger partial charge on any atom is -0.444 e. The number of benzene rings is 1. The molecule has 1 aromatic carbocycles. The first-order chi connectivity index (χ1) is 12.0. The Bertz CT molecular complexity index is 832. The van der Waals surface area contributed by atoms with E-state index in [1.165, 1.54) is 18.2 Å². The lowest BCUT2D eigenvalue weighted by atomic mass is 10.2. The van der Waals surface area contributed by atoms with Crippen LogP contribution >= 0.6 is 0 Å². The zero-order valence-electron chi connectivity index (χ0n) is 14.5. The van der Waals surface area contributed by atoms with Crippen molar-refractivity contribution in [1.82, 2.24) is 15.5 Å². The topological polar surface area (TPSA) is 95.7 Å². The summed E-state index contributed by atoms with van der Waals surface area (Å²) in [6.45, 7) is 6.86. The number of nitrogens with zero attached hydrogens (tertiary/aromatic N) is 2. The van der Waals surface area contributed by atoms with E-state index in [0.29, 0.717) is 5.56 Å². The molecule has 0 radical (unpaired) electrons. The van der Waals surface area contributed by atoms with Gasteiger partial charge in [-0.1, -0.05) is 5.16 Å². The highest BCUT2D eigenvalue weighted by molar-refractivity contribution is 5.68. The predicted molar refractivity (Wildman–Crippen MR) is 83.7 cm³/mol. The van der Waals surface area contributed by atoms with Gasteiger partial charge in [0.25, 0.3) is 0 Å². The van der Waals surface area contributed by atoms with Gasteiger partial charge in [-0.15, -0.1) is 8.78 Å². The van der Waals surface area contributed by atoms with Gasteiger partial charge in [0.15, 0.2) is 11.5 Å². The zero-order chi connectivity index (χ0) is 19.1. The fourth-order valence-corrected chi connectivity index (χ4v) is 2.16. The average molecular weight is 369 g/mol. The standard InChI is InChI=1S/C16H17F2N3O5/c1-8(19-14(22)25-15(2,3)4)13-20-12(21-26-13)9-5-6-10-11(7-9)24-16(17,18)23-10/h5-8H,1-4H3,(H,19,22)/t8-/m0/s1. The SMILES string of the molecule is C[C@H](NC(=O)OC(C)(C)C)c1nc(-c2ccc3c(c2)OC(F)(F)O3)no1. The lowest BCUT2D eigenvalue weighted by molar-refractivity contribution is -0.286. The molecule has 1 amide bonds. The summed E-state index contributed by atoms with van der Waals surface area (Å²) in [5, 5.41) is 6.36. The minimum atomic E-state index is -3.70. The number of alkyl carbamates (subject to hydrolysis) is 1. The van der Waals surface area contributed by atoms with Crippen LogP contribution in [0.4, 0.5) is 13.6 Å². The van der Waals surface area contributed by atoms with Gasteiger partial charge in [0.2, 0.25) is 11.7 Å². The summed E-state index contributed by atoms with van der Waals surface area (Å²) in [7, 11) is 0. The molecule has 1 aromatic heterocycles. The van der Waals surface area contributed by atoms with E-state index in [1.54, 1.807) is 27.7 Å². The molecule has 0 fully saturated rings. The molecule has 0 unspecified atom stereocenters. The van der Waals surface area contributed by atoms with Crippen LogP contribution in [0.3, 0.4) is 0 Å². The molecule has 140 valence electrons. The van der Waals surface area contributed by atoms with Gasteiger partial charge in [0, 0.05) is 5.56 Å². The zero-order valence-corrected chi connectivity index (χ0v) is 14.5. The Hall–Kier alpha value is -2.91. The number of alkyl halides is 2. The highest BCUT2D eigenvalue weighted by Crippen LogP contribution is 2.42. The Morgan fingerprint density at radius 1 is 1.27 bits per heavy atom. The number of hydrogen-bond acceptors (Lipinski definition) is 7. The Labute approximate surface area is 147 Å². The maximum Gasteiger partial charge on any atom is 0.586 e. The van der Waals surface area contributed by atoms with Crippen LogP contribution in [0.5, 0.6) is 11.5 Å². The Morgan fingerprint density at radius 2 is 1.96 bits per heavy atom. The summed E-state index contributed by atoms with van der Waals surface area (Å²) in [4.78, 5) is 15.9. The second-order valence-electron chi connectivity index (χ2n) is 6.65. The van der Waals surface area contributed by atoms with Gasteiger partial charge in [-0.2, -0.15) is 4.98 Å². The third-order valence-corrected chi connectivity index (χ3v) is 3.20. The molecule has 1 aliphatic heterocycles. The molecule has 2 heterocycles. The molecular formula is C16H17F2N3O5. The molecule has 1 atom stereocenters. The summed E-state index contributed by atoms with van der Waals surface area (Å²) >= 11 is 0. The van der Waals surface area contributed by atoms with E-state index in [4.69, 9.17) is 9.26 Å². The van der Waals surface area contributed by atoms with E-state index < -0.39 is 24.0 Å². The fraction of sp³-hybridized carbons (Fsp3) is 0.438. The second kappa shape index (κ2) is 6.11. The number of aromatic nitrogens is 2. The van der Waals surface area contributed by atoms with Crippen LogP contribution in [0.2, 0.25) is 0 Å². The van der Waals surface area contributed by atoms with Crippen molar-refractivity contribution < 1.29 is 32.3 Å². The van der Waals surface area contributed by atoms with Crippen molar-refractivity contribution in [2.45, 2.75) is 45.6 Å². The molecule has 1 N–H and O–H groups in total. The summed E-state index contributed by atoms with van der Waals surface area (Å²) < 4.78 is 45.1. The van der Waals surface area contributed by atoms with E-state index in [1.807, 2.05) is 0 Å². The third-order valence-electron chi connectivity index (χ3n) is 3.20. The highest BCUT2D eigenvalue weighted by atomic mass is 19.3. The van der Waals surface area contributed by atoms with Crippen LogP contribution in [0.1, 0.15) is 39.6 Å². The smallest absolute Gasteiger partial charge is 0.444 e. The van der Waals surface area contributed by atoms with Gasteiger partial charge in [0.05, 0.1) is 0 Å². The maximum atomic E-state index is 13.1. The van der Waals surface area contributed by atoms with Gasteiger partial charge >= 0.3 is 12.4 Å². The van der Waals surface area contributed by atoms with Crippen LogP contribution < -0.4 is 14.8 Å². The van der Waals surface area contributed by atoms with Crippen molar-refractivity contribution in [3.05, 3.63) is 24.1 Å². The number of nitrogens with one attached hydrogen (secondary N) is 1. The van der Waals surface area contributed by atoms with E-state index in [0.717, 1.165) is 0 Å². The summed E-state index contributed by atoms with van der Waals surface area (Å²) in [6, 6.07) is 3.52. The third kappa shape index (κ3) is 4.01. The van der Waals surface area contributed by atoms with E-state index in [-0.39, 0.29) is 23.2 Å². The molecule has 3 rings (SSSR count). The average Bonchev–Trinajstić information content (AvgIpc) is 3.06. The number of fused-ring (bicyclic) bond motifs is 1. The number of rotatable bonds is 3. The van der Waals surface area contributed by atoms with Crippen LogP contribution in [0.15, 0.2) is 22.7 Å². The quantitative estimate of drug-likeness (QED) is 0.882. The summed E-state index contributed by atoms with van der Waals surface area (Å²) in [5.41, 5.74) is -0.247. The lowest BCUT2D eigenvalue weighted by Crippen LogP contribution is -2.34. The number of hydrogen-bond donors (Lipinski definition) is 1. The van der Waals surface area contributed by atoms with Crippen LogP contribution in [-0.4, -0.2) is 28.1 Å². The molecule has 26 heavy (non-hydrogen) atoms. The normalized spacial score (nSPS) is 16.2. The fourth-order valence-electron chi connectivity index (χ4n) is 2.16.